The summed E-state index contributed by atoms with van der Waals surface area (Å²) in [5, 5.41) is 1.53. The number of rotatable bonds is 3. The SMILES string of the molecule is C=CC1C2C(c3ccccc3-c3c(C)ccc[n+]32)C12Cc1ccccc1-c1cc([Si](C)(C)C)c(-c3ccccc3)c[n+]12. The van der Waals surface area contributed by atoms with Crippen LogP contribution < -0.4 is 14.3 Å². The number of benzene rings is 3. The molecule has 206 valence electrons. The lowest BCUT2D eigenvalue weighted by Crippen LogP contribution is -2.80. The highest BCUT2D eigenvalue weighted by molar-refractivity contribution is 6.89. The minimum atomic E-state index is -1.69. The third-order valence-electron chi connectivity index (χ3n) is 10.4. The Morgan fingerprint density at radius 3 is 2.31 bits per heavy atom. The van der Waals surface area contributed by atoms with Gasteiger partial charge in [0.05, 0.1) is 13.6 Å². The molecule has 2 aromatic heterocycles. The van der Waals surface area contributed by atoms with Crippen molar-refractivity contribution in [2.75, 3.05) is 0 Å². The summed E-state index contributed by atoms with van der Waals surface area (Å²) in [6.45, 7) is 14.2. The highest BCUT2D eigenvalue weighted by atomic mass is 28.3. The van der Waals surface area contributed by atoms with E-state index in [0.717, 1.165) is 6.42 Å². The van der Waals surface area contributed by atoms with Gasteiger partial charge in [0.1, 0.15) is 11.8 Å². The first kappa shape index (κ1) is 25.6. The summed E-state index contributed by atoms with van der Waals surface area (Å²) in [6, 6.07) is 36.8. The van der Waals surface area contributed by atoms with Gasteiger partial charge in [-0.3, -0.25) is 0 Å². The van der Waals surface area contributed by atoms with Crippen LogP contribution in [0.4, 0.5) is 0 Å². The molecule has 3 heteroatoms. The van der Waals surface area contributed by atoms with Crippen molar-refractivity contribution in [3.8, 4) is 33.6 Å². The molecule has 0 saturated heterocycles. The lowest BCUT2D eigenvalue weighted by atomic mass is 9.48. The van der Waals surface area contributed by atoms with Crippen LogP contribution in [0.15, 0.2) is 122 Å². The van der Waals surface area contributed by atoms with Crippen molar-refractivity contribution in [3.63, 3.8) is 0 Å². The molecule has 0 amide bonds. The van der Waals surface area contributed by atoms with E-state index in [1.54, 1.807) is 0 Å². The van der Waals surface area contributed by atoms with Crippen molar-refractivity contribution >= 4 is 13.3 Å². The summed E-state index contributed by atoms with van der Waals surface area (Å²) in [6.07, 6.45) is 8.12. The molecule has 5 aromatic rings. The van der Waals surface area contributed by atoms with Crippen LogP contribution in [-0.4, -0.2) is 8.07 Å². The molecule has 4 unspecified atom stereocenters. The van der Waals surface area contributed by atoms with E-state index in [9.17, 15) is 0 Å². The van der Waals surface area contributed by atoms with E-state index in [2.05, 4.69) is 158 Å². The van der Waals surface area contributed by atoms with Crippen molar-refractivity contribution in [3.05, 3.63) is 139 Å². The van der Waals surface area contributed by atoms with E-state index < -0.39 is 8.07 Å². The zero-order valence-electron chi connectivity index (χ0n) is 25.0. The van der Waals surface area contributed by atoms with Gasteiger partial charge in [0.25, 0.3) is 0 Å². The maximum atomic E-state index is 4.52. The normalized spacial score (nSPS) is 23.1. The number of aryl methyl sites for hydroxylation is 1. The molecule has 1 fully saturated rings. The van der Waals surface area contributed by atoms with Gasteiger partial charge in [-0.15, -0.1) is 6.58 Å². The zero-order chi connectivity index (χ0) is 28.8. The van der Waals surface area contributed by atoms with Crippen LogP contribution in [-0.2, 0) is 12.0 Å². The molecular formula is C39H38N2Si+2. The smallest absolute Gasteiger partial charge is 0.194 e. The number of hydrogen-bond donors (Lipinski definition) is 0. The van der Waals surface area contributed by atoms with Gasteiger partial charge in [-0.05, 0) is 47.0 Å². The number of nitrogens with zero attached hydrogens (tertiary/aromatic N) is 2. The Bertz CT molecular complexity index is 1900. The summed E-state index contributed by atoms with van der Waals surface area (Å²) in [7, 11) is -1.69. The summed E-state index contributed by atoms with van der Waals surface area (Å²) in [5.41, 5.74) is 12.3. The molecule has 2 nitrogen and oxygen atoms in total. The maximum absolute atomic E-state index is 4.52. The van der Waals surface area contributed by atoms with Gasteiger partial charge in [-0.1, -0.05) is 92.4 Å². The van der Waals surface area contributed by atoms with Crippen LogP contribution in [0.2, 0.25) is 19.6 Å². The third kappa shape index (κ3) is 3.32. The molecule has 8 rings (SSSR count). The second-order valence-electron chi connectivity index (χ2n) is 13.6. The summed E-state index contributed by atoms with van der Waals surface area (Å²) < 4.78 is 5.29. The summed E-state index contributed by atoms with van der Waals surface area (Å²) in [4.78, 5) is 0. The first-order chi connectivity index (χ1) is 20.3. The number of pyridine rings is 2. The van der Waals surface area contributed by atoms with E-state index in [4.69, 9.17) is 0 Å². The molecule has 42 heavy (non-hydrogen) atoms. The average Bonchev–Trinajstić information content (AvgIpc) is 2.99. The molecule has 4 atom stereocenters. The van der Waals surface area contributed by atoms with Crippen LogP contribution in [0, 0.1) is 12.8 Å². The molecule has 3 aliphatic rings. The van der Waals surface area contributed by atoms with E-state index in [0.29, 0.717) is 12.0 Å². The first-order valence-corrected chi connectivity index (χ1v) is 18.8. The summed E-state index contributed by atoms with van der Waals surface area (Å²) in [5.74, 6) is 0.606. The van der Waals surface area contributed by atoms with E-state index in [1.807, 2.05) is 0 Å². The quantitative estimate of drug-likeness (QED) is 0.122. The van der Waals surface area contributed by atoms with Crippen LogP contribution >= 0.6 is 0 Å². The molecule has 1 saturated carbocycles. The number of aromatic nitrogens is 2. The molecule has 1 aliphatic carbocycles. The second kappa shape index (κ2) is 8.96. The van der Waals surface area contributed by atoms with Crippen molar-refractivity contribution in [2.24, 2.45) is 5.92 Å². The zero-order valence-corrected chi connectivity index (χ0v) is 26.0. The van der Waals surface area contributed by atoms with E-state index in [1.165, 1.54) is 55.5 Å². The van der Waals surface area contributed by atoms with Gasteiger partial charge in [-0.2, -0.15) is 9.13 Å². The lowest BCUT2D eigenvalue weighted by Gasteiger charge is -2.56. The molecular weight excluding hydrogens is 525 g/mol. The lowest BCUT2D eigenvalue weighted by molar-refractivity contribution is -0.837. The Hall–Kier alpha value is -4.08. The standard InChI is InChI=1S/C39H38N2Si/c1-6-33-38-36(30-20-12-13-21-31(30)37-26(2)15-14-22-40(37)38)39(33)24-28-18-10-11-19-29(28)34-23-35(42(3,4)5)32(25-41(34)39)27-16-8-7-9-17-27/h6-23,25,33,36,38H,1,24H2,2-5H3/q+2. The van der Waals surface area contributed by atoms with Crippen molar-refractivity contribution in [1.29, 1.82) is 0 Å². The number of allylic oxidation sites excluding steroid dienone is 1. The Kier molecular flexibility index (Phi) is 5.46. The van der Waals surface area contributed by atoms with Gasteiger partial charge < -0.3 is 0 Å². The maximum Gasteiger partial charge on any atom is 0.215 e. The fourth-order valence-electron chi connectivity index (χ4n) is 8.66. The highest BCUT2D eigenvalue weighted by Crippen LogP contribution is 2.64. The molecule has 3 aromatic carbocycles. The average molecular weight is 563 g/mol. The van der Waals surface area contributed by atoms with Gasteiger partial charge in [0.2, 0.25) is 11.4 Å². The van der Waals surface area contributed by atoms with Gasteiger partial charge in [0, 0.05) is 35.2 Å². The fourth-order valence-corrected chi connectivity index (χ4v) is 10.3. The van der Waals surface area contributed by atoms with Gasteiger partial charge >= 0.3 is 0 Å². The second-order valence-corrected chi connectivity index (χ2v) is 18.6. The Morgan fingerprint density at radius 2 is 1.55 bits per heavy atom. The minimum Gasteiger partial charge on any atom is -0.194 e. The monoisotopic (exact) mass is 562 g/mol. The van der Waals surface area contributed by atoms with Gasteiger partial charge in [0.15, 0.2) is 24.0 Å². The number of fused-ring (bicyclic) bond motifs is 11. The Morgan fingerprint density at radius 1 is 0.833 bits per heavy atom. The van der Waals surface area contributed by atoms with E-state index >= 15 is 0 Å². The molecule has 0 radical (unpaired) electrons. The topological polar surface area (TPSA) is 7.76 Å². The van der Waals surface area contributed by atoms with Gasteiger partial charge in [-0.25, -0.2) is 0 Å². The molecule has 2 aliphatic heterocycles. The predicted molar refractivity (Wildman–Crippen MR) is 174 cm³/mol. The van der Waals surface area contributed by atoms with E-state index in [-0.39, 0.29) is 11.5 Å². The van der Waals surface area contributed by atoms with Crippen LogP contribution in [0.3, 0.4) is 0 Å². The molecule has 0 N–H and O–H groups in total. The largest absolute Gasteiger partial charge is 0.215 e. The molecule has 0 bridgehead atoms. The molecule has 4 heterocycles. The predicted octanol–water partition coefficient (Wildman–Crippen LogP) is 7.52. The first-order valence-electron chi connectivity index (χ1n) is 15.3. The third-order valence-corrected chi connectivity index (χ3v) is 12.4. The minimum absolute atomic E-state index is 0.151. The summed E-state index contributed by atoms with van der Waals surface area (Å²) >= 11 is 0. The van der Waals surface area contributed by atoms with Crippen LogP contribution in [0.25, 0.3) is 33.6 Å². The highest BCUT2D eigenvalue weighted by Gasteiger charge is 2.76. The van der Waals surface area contributed by atoms with Crippen molar-refractivity contribution in [1.82, 2.24) is 0 Å². The van der Waals surface area contributed by atoms with Crippen LogP contribution in [0.5, 0.6) is 0 Å². The van der Waals surface area contributed by atoms with Crippen molar-refractivity contribution < 1.29 is 9.13 Å². The van der Waals surface area contributed by atoms with Crippen molar-refractivity contribution in [2.45, 2.75) is 50.5 Å². The Labute approximate surface area is 250 Å². The molecule has 1 spiro atoms. The number of hydrogen-bond acceptors (Lipinski definition) is 0. The fraction of sp³-hybridized carbons (Fsp3) is 0.231. The Balaban J connectivity index is 1.47. The van der Waals surface area contributed by atoms with Crippen LogP contribution in [0.1, 0.15) is 28.7 Å².